The van der Waals surface area contributed by atoms with E-state index in [9.17, 15) is 35.4 Å². The van der Waals surface area contributed by atoms with E-state index in [0.29, 0.717) is 5.56 Å². The summed E-state index contributed by atoms with van der Waals surface area (Å²) in [4.78, 5) is 31.9. The van der Waals surface area contributed by atoms with Crippen LogP contribution < -0.4 is 0 Å². The monoisotopic (exact) mass is 389 g/mol. The molecule has 0 aromatic heterocycles. The molecule has 0 amide bonds. The molecule has 148 valence electrons. The van der Waals surface area contributed by atoms with Gasteiger partial charge in [-0.05, 0) is 11.6 Å². The quantitative estimate of drug-likeness (QED) is 0.533. The van der Waals surface area contributed by atoms with Gasteiger partial charge in [-0.15, -0.1) is 0 Å². The van der Waals surface area contributed by atoms with E-state index >= 15 is 0 Å². The van der Waals surface area contributed by atoms with Crippen molar-refractivity contribution in [2.45, 2.75) is 37.8 Å². The standard InChI is InChI=1S/C18H19N3O7/c1-18(2,21(27)28)11-15(12-7-9-13(10-8-12)19(23)24)17(22)14-5-3-4-6-16(14)20(25)26/h3-10,15,17,22H,11H2,1-2H3. The van der Waals surface area contributed by atoms with Gasteiger partial charge >= 0.3 is 0 Å². The highest BCUT2D eigenvalue weighted by atomic mass is 16.6. The van der Waals surface area contributed by atoms with Gasteiger partial charge in [-0.25, -0.2) is 0 Å². The van der Waals surface area contributed by atoms with Crippen LogP contribution in [-0.2, 0) is 0 Å². The molecule has 0 fully saturated rings. The third kappa shape index (κ3) is 4.46. The van der Waals surface area contributed by atoms with Gasteiger partial charge < -0.3 is 5.11 Å². The Bertz CT molecular complexity index is 896. The first-order valence-corrected chi connectivity index (χ1v) is 8.35. The molecule has 0 aliphatic heterocycles. The number of rotatable bonds is 8. The number of hydrogen-bond donors (Lipinski definition) is 1. The van der Waals surface area contributed by atoms with Gasteiger partial charge in [0.15, 0.2) is 0 Å². The number of nitro groups is 3. The molecule has 2 aromatic rings. The van der Waals surface area contributed by atoms with Crippen LogP contribution in [0, 0.1) is 30.3 Å². The van der Waals surface area contributed by atoms with Crippen molar-refractivity contribution in [3.8, 4) is 0 Å². The van der Waals surface area contributed by atoms with Crippen LogP contribution in [0.3, 0.4) is 0 Å². The van der Waals surface area contributed by atoms with E-state index in [2.05, 4.69) is 0 Å². The lowest BCUT2D eigenvalue weighted by Crippen LogP contribution is -2.34. The minimum Gasteiger partial charge on any atom is -0.388 e. The van der Waals surface area contributed by atoms with Crippen LogP contribution in [0.2, 0.25) is 0 Å². The Morgan fingerprint density at radius 1 is 0.929 bits per heavy atom. The smallest absolute Gasteiger partial charge is 0.275 e. The average molecular weight is 389 g/mol. The molecule has 0 heterocycles. The van der Waals surface area contributed by atoms with E-state index < -0.39 is 32.3 Å². The summed E-state index contributed by atoms with van der Waals surface area (Å²) in [6, 6.07) is 10.9. The van der Waals surface area contributed by atoms with E-state index in [0.717, 1.165) is 0 Å². The van der Waals surface area contributed by atoms with E-state index in [1.54, 1.807) is 0 Å². The normalized spacial score (nSPS) is 13.5. The summed E-state index contributed by atoms with van der Waals surface area (Å²) < 4.78 is 0. The summed E-state index contributed by atoms with van der Waals surface area (Å²) in [5, 5.41) is 44.5. The minimum atomic E-state index is -1.43. The van der Waals surface area contributed by atoms with Crippen molar-refractivity contribution in [2.75, 3.05) is 0 Å². The average Bonchev–Trinajstić information content (AvgIpc) is 2.65. The summed E-state index contributed by atoms with van der Waals surface area (Å²) in [5.41, 5.74) is -1.48. The number of aliphatic hydroxyl groups is 1. The Balaban J connectivity index is 2.53. The highest BCUT2D eigenvalue weighted by molar-refractivity contribution is 5.44. The molecule has 0 radical (unpaired) electrons. The molecule has 2 aromatic carbocycles. The third-order valence-corrected chi connectivity index (χ3v) is 4.58. The van der Waals surface area contributed by atoms with Gasteiger partial charge in [0.2, 0.25) is 5.54 Å². The van der Waals surface area contributed by atoms with Gasteiger partial charge in [0.1, 0.15) is 0 Å². The summed E-state index contributed by atoms with van der Waals surface area (Å²) in [5.74, 6) is -0.887. The van der Waals surface area contributed by atoms with Crippen LogP contribution in [-0.4, -0.2) is 25.4 Å². The molecule has 10 heteroatoms. The van der Waals surface area contributed by atoms with Gasteiger partial charge in [0.25, 0.3) is 11.4 Å². The fourth-order valence-corrected chi connectivity index (χ4v) is 2.99. The number of benzene rings is 2. The maximum atomic E-state index is 11.4. The molecule has 0 spiro atoms. The molecule has 2 unspecified atom stereocenters. The second-order valence-corrected chi connectivity index (χ2v) is 6.99. The van der Waals surface area contributed by atoms with E-state index in [1.165, 1.54) is 62.4 Å². The lowest BCUT2D eigenvalue weighted by Gasteiger charge is -2.27. The molecular formula is C18H19N3O7. The Kier molecular flexibility index (Phi) is 6.04. The van der Waals surface area contributed by atoms with Gasteiger partial charge in [0, 0.05) is 49.3 Å². The number of non-ortho nitro benzene ring substituents is 1. The topological polar surface area (TPSA) is 150 Å². The van der Waals surface area contributed by atoms with Crippen molar-refractivity contribution in [3.63, 3.8) is 0 Å². The largest absolute Gasteiger partial charge is 0.388 e. The molecule has 1 N–H and O–H groups in total. The molecule has 10 nitrogen and oxygen atoms in total. The molecular weight excluding hydrogens is 370 g/mol. The fraction of sp³-hybridized carbons (Fsp3) is 0.333. The van der Waals surface area contributed by atoms with Crippen LogP contribution in [0.25, 0.3) is 0 Å². The SMILES string of the molecule is CC(C)(CC(c1ccc([N+](=O)[O-])cc1)C(O)c1ccccc1[N+](=O)[O-])[N+](=O)[O-]. The zero-order chi connectivity index (χ0) is 21.1. The second-order valence-electron chi connectivity index (χ2n) is 6.99. The van der Waals surface area contributed by atoms with Crippen LogP contribution in [0.5, 0.6) is 0 Å². The lowest BCUT2D eigenvalue weighted by atomic mass is 9.80. The third-order valence-electron chi connectivity index (χ3n) is 4.58. The van der Waals surface area contributed by atoms with E-state index in [4.69, 9.17) is 0 Å². The Morgan fingerprint density at radius 2 is 1.50 bits per heavy atom. The van der Waals surface area contributed by atoms with Crippen molar-refractivity contribution < 1.29 is 19.9 Å². The second kappa shape index (κ2) is 8.09. The Labute approximate surface area is 159 Å². The minimum absolute atomic E-state index is 0.0231. The van der Waals surface area contributed by atoms with Crippen molar-refractivity contribution in [2.24, 2.45) is 0 Å². The number of nitro benzene ring substituents is 2. The number of nitrogens with zero attached hydrogens (tertiary/aromatic N) is 3. The van der Waals surface area contributed by atoms with E-state index in [-0.39, 0.29) is 23.4 Å². The molecule has 0 aliphatic carbocycles. The summed E-state index contributed by atoms with van der Waals surface area (Å²) in [7, 11) is 0. The number of hydrogen-bond acceptors (Lipinski definition) is 7. The van der Waals surface area contributed by atoms with Gasteiger partial charge in [0.05, 0.1) is 21.5 Å². The van der Waals surface area contributed by atoms with Gasteiger partial charge in [-0.3, -0.25) is 30.3 Å². The lowest BCUT2D eigenvalue weighted by molar-refractivity contribution is -0.562. The first-order valence-electron chi connectivity index (χ1n) is 8.35. The first kappa shape index (κ1) is 20.9. The van der Waals surface area contributed by atoms with Gasteiger partial charge in [-0.2, -0.15) is 0 Å². The highest BCUT2D eigenvalue weighted by Crippen LogP contribution is 2.41. The summed E-state index contributed by atoms with van der Waals surface area (Å²) >= 11 is 0. The van der Waals surface area contributed by atoms with Crippen molar-refractivity contribution >= 4 is 11.4 Å². The zero-order valence-electron chi connectivity index (χ0n) is 15.2. The van der Waals surface area contributed by atoms with Crippen LogP contribution >= 0.6 is 0 Å². The highest BCUT2D eigenvalue weighted by Gasteiger charge is 2.39. The number of aliphatic hydroxyl groups excluding tert-OH is 1. The fourth-order valence-electron chi connectivity index (χ4n) is 2.99. The molecule has 0 bridgehead atoms. The predicted octanol–water partition coefficient (Wildman–Crippen LogP) is 3.77. The maximum absolute atomic E-state index is 11.4. The zero-order valence-corrected chi connectivity index (χ0v) is 15.2. The van der Waals surface area contributed by atoms with Crippen molar-refractivity contribution in [3.05, 3.63) is 90.0 Å². The molecule has 0 aliphatic rings. The summed E-state index contributed by atoms with van der Waals surface area (Å²) in [6.07, 6.45) is -1.55. The van der Waals surface area contributed by atoms with Crippen LogP contribution in [0.1, 0.15) is 43.4 Å². The molecule has 2 atom stereocenters. The van der Waals surface area contributed by atoms with Crippen molar-refractivity contribution in [1.29, 1.82) is 0 Å². The van der Waals surface area contributed by atoms with Crippen LogP contribution in [0.15, 0.2) is 48.5 Å². The van der Waals surface area contributed by atoms with E-state index in [1.807, 2.05) is 0 Å². The predicted molar refractivity (Wildman–Crippen MR) is 99.6 cm³/mol. The molecule has 28 heavy (non-hydrogen) atoms. The number of para-hydroxylation sites is 1. The molecule has 0 saturated heterocycles. The van der Waals surface area contributed by atoms with Crippen molar-refractivity contribution in [1.82, 2.24) is 0 Å². The molecule has 2 rings (SSSR count). The van der Waals surface area contributed by atoms with Gasteiger partial charge in [-0.1, -0.05) is 24.3 Å². The first-order chi connectivity index (χ1) is 13.0. The van der Waals surface area contributed by atoms with Crippen LogP contribution in [0.4, 0.5) is 11.4 Å². The summed E-state index contributed by atoms with van der Waals surface area (Å²) in [6.45, 7) is 2.77. The molecule has 0 saturated carbocycles. The Hall–Kier alpha value is -3.40. The Morgan fingerprint density at radius 3 is 2.00 bits per heavy atom. The maximum Gasteiger partial charge on any atom is 0.275 e.